The Labute approximate surface area is 157 Å². The first kappa shape index (κ1) is 18.6. The van der Waals surface area contributed by atoms with Gasteiger partial charge in [-0.1, -0.05) is 30.3 Å². The second-order valence-corrected chi connectivity index (χ2v) is 6.12. The third-order valence-electron chi connectivity index (χ3n) is 4.11. The maximum absolute atomic E-state index is 12.3. The van der Waals surface area contributed by atoms with Crippen molar-refractivity contribution in [3.05, 3.63) is 59.7 Å². The topological polar surface area (TPSA) is 78.9 Å². The summed E-state index contributed by atoms with van der Waals surface area (Å²) in [6, 6.07) is 14.2. The molecule has 1 aliphatic heterocycles. The minimum atomic E-state index is -0.870. The van der Waals surface area contributed by atoms with Crippen molar-refractivity contribution < 1.29 is 28.6 Å². The maximum Gasteiger partial charge on any atom is 0.374 e. The fourth-order valence-electron chi connectivity index (χ4n) is 2.68. The summed E-state index contributed by atoms with van der Waals surface area (Å²) in [5.41, 5.74) is 1.31. The van der Waals surface area contributed by atoms with E-state index in [0.29, 0.717) is 30.3 Å². The van der Waals surface area contributed by atoms with Crippen molar-refractivity contribution in [3.8, 4) is 11.5 Å². The maximum atomic E-state index is 12.3. The van der Waals surface area contributed by atoms with Gasteiger partial charge in [-0.25, -0.2) is 4.79 Å². The van der Waals surface area contributed by atoms with E-state index in [1.54, 1.807) is 18.2 Å². The van der Waals surface area contributed by atoms with Crippen molar-refractivity contribution in [1.29, 1.82) is 0 Å². The number of ether oxygens (including phenoxy) is 3. The zero-order valence-electron chi connectivity index (χ0n) is 14.8. The van der Waals surface area contributed by atoms with Crippen LogP contribution >= 0.6 is 0 Å². The van der Waals surface area contributed by atoms with Gasteiger partial charge in [-0.05, 0) is 30.2 Å². The zero-order chi connectivity index (χ0) is 19.1. The minimum absolute atomic E-state index is 0.0239. The molecule has 0 bridgehead atoms. The fraction of sp³-hybridized carbons (Fsp3) is 0.286. The molecule has 0 aromatic heterocycles. The van der Waals surface area contributed by atoms with Gasteiger partial charge in [-0.3, -0.25) is 9.59 Å². The highest BCUT2D eigenvalue weighted by molar-refractivity contribution is 6.33. The number of fused-ring (bicyclic) bond motifs is 1. The summed E-state index contributed by atoms with van der Waals surface area (Å²) >= 11 is 0. The van der Waals surface area contributed by atoms with Crippen LogP contribution in [0.4, 0.5) is 0 Å². The lowest BCUT2D eigenvalue weighted by Crippen LogP contribution is -2.17. The average Bonchev–Trinajstić information content (AvgIpc) is 2.72. The predicted molar refractivity (Wildman–Crippen MR) is 96.9 cm³/mol. The van der Waals surface area contributed by atoms with Gasteiger partial charge in [0, 0.05) is 18.4 Å². The lowest BCUT2D eigenvalue weighted by Gasteiger charge is -2.18. The molecule has 6 nitrogen and oxygen atoms in total. The van der Waals surface area contributed by atoms with Crippen LogP contribution in [0.1, 0.15) is 35.2 Å². The van der Waals surface area contributed by atoms with Crippen LogP contribution in [0.15, 0.2) is 48.5 Å². The smallest absolute Gasteiger partial charge is 0.374 e. The van der Waals surface area contributed by atoms with Gasteiger partial charge in [0.1, 0.15) is 19.8 Å². The highest BCUT2D eigenvalue weighted by Crippen LogP contribution is 2.31. The standard InChI is InChI=1S/C21H20O6/c22-17(16-9-10-19-20(13-16)26-12-11-25-19)7-4-8-18(23)21(24)27-14-15-5-2-1-3-6-15/h1-3,5-6,9-10,13H,4,7-8,11-12,14H2. The summed E-state index contributed by atoms with van der Waals surface area (Å²) in [4.78, 5) is 35.9. The summed E-state index contributed by atoms with van der Waals surface area (Å²) in [5, 5.41) is 0. The fourth-order valence-corrected chi connectivity index (χ4v) is 2.68. The van der Waals surface area contributed by atoms with Crippen LogP contribution in [0.5, 0.6) is 11.5 Å². The van der Waals surface area contributed by atoms with Crippen molar-refractivity contribution in [1.82, 2.24) is 0 Å². The SMILES string of the molecule is O=C(CCCC(=O)c1ccc2c(c1)OCCO2)C(=O)OCc1ccccc1. The third-order valence-corrected chi connectivity index (χ3v) is 4.11. The second kappa shape index (κ2) is 8.98. The molecule has 0 spiro atoms. The molecular formula is C21H20O6. The van der Waals surface area contributed by atoms with E-state index in [9.17, 15) is 14.4 Å². The van der Waals surface area contributed by atoms with E-state index in [-0.39, 0.29) is 31.7 Å². The van der Waals surface area contributed by atoms with Gasteiger partial charge in [-0.15, -0.1) is 0 Å². The Bertz CT molecular complexity index is 828. The van der Waals surface area contributed by atoms with Gasteiger partial charge in [0.25, 0.3) is 0 Å². The Morgan fingerprint density at radius 2 is 1.63 bits per heavy atom. The van der Waals surface area contributed by atoms with E-state index >= 15 is 0 Å². The Kier molecular flexibility index (Phi) is 6.20. The second-order valence-electron chi connectivity index (χ2n) is 6.12. The molecule has 140 valence electrons. The molecule has 0 unspecified atom stereocenters. The normalized spacial score (nSPS) is 12.3. The van der Waals surface area contributed by atoms with Gasteiger partial charge in [-0.2, -0.15) is 0 Å². The van der Waals surface area contributed by atoms with E-state index in [0.717, 1.165) is 5.56 Å². The molecule has 2 aromatic carbocycles. The largest absolute Gasteiger partial charge is 0.486 e. The number of hydrogen-bond donors (Lipinski definition) is 0. The van der Waals surface area contributed by atoms with Crippen molar-refractivity contribution in [2.75, 3.05) is 13.2 Å². The molecule has 0 amide bonds. The predicted octanol–water partition coefficient (Wildman–Crippen LogP) is 3.12. The van der Waals surface area contributed by atoms with Crippen LogP contribution in [0.3, 0.4) is 0 Å². The van der Waals surface area contributed by atoms with Crippen LogP contribution in [-0.4, -0.2) is 30.7 Å². The first-order valence-electron chi connectivity index (χ1n) is 8.80. The van der Waals surface area contributed by atoms with E-state index in [1.807, 2.05) is 30.3 Å². The molecule has 6 heteroatoms. The van der Waals surface area contributed by atoms with Crippen LogP contribution < -0.4 is 9.47 Å². The third kappa shape index (κ3) is 5.17. The van der Waals surface area contributed by atoms with Crippen molar-refractivity contribution >= 4 is 17.5 Å². The Balaban J connectivity index is 1.42. The number of hydrogen-bond acceptors (Lipinski definition) is 6. The quantitative estimate of drug-likeness (QED) is 0.405. The van der Waals surface area contributed by atoms with Gasteiger partial charge in [0.05, 0.1) is 0 Å². The molecule has 0 saturated heterocycles. The summed E-state index contributed by atoms with van der Waals surface area (Å²) in [6.07, 6.45) is 0.424. The van der Waals surface area contributed by atoms with Gasteiger partial charge < -0.3 is 14.2 Å². The first-order chi connectivity index (χ1) is 13.1. The number of carbonyl (C=O) groups is 3. The average molecular weight is 368 g/mol. The molecule has 27 heavy (non-hydrogen) atoms. The van der Waals surface area contributed by atoms with Gasteiger partial charge in [0.15, 0.2) is 17.3 Å². The summed E-state index contributed by atoms with van der Waals surface area (Å²) in [6.45, 7) is 0.995. The van der Waals surface area contributed by atoms with Crippen LogP contribution in [0.25, 0.3) is 0 Å². The monoisotopic (exact) mass is 368 g/mol. The lowest BCUT2D eigenvalue weighted by molar-refractivity contribution is -0.154. The highest BCUT2D eigenvalue weighted by atomic mass is 16.6. The molecule has 0 fully saturated rings. The van der Waals surface area contributed by atoms with Gasteiger partial charge in [0.2, 0.25) is 5.78 Å². The molecule has 0 radical (unpaired) electrons. The molecule has 0 N–H and O–H groups in total. The van der Waals surface area contributed by atoms with E-state index in [2.05, 4.69) is 0 Å². The summed E-state index contributed by atoms with van der Waals surface area (Å²) in [7, 11) is 0. The number of rotatable bonds is 8. The van der Waals surface area contributed by atoms with Crippen LogP contribution in [0.2, 0.25) is 0 Å². The number of esters is 1. The molecule has 1 aliphatic rings. The molecule has 0 atom stereocenters. The molecule has 3 rings (SSSR count). The number of ketones is 2. The van der Waals surface area contributed by atoms with Crippen LogP contribution in [-0.2, 0) is 20.9 Å². The highest BCUT2D eigenvalue weighted by Gasteiger charge is 2.18. The Morgan fingerprint density at radius 1 is 0.889 bits per heavy atom. The van der Waals surface area contributed by atoms with Gasteiger partial charge >= 0.3 is 5.97 Å². The number of carbonyl (C=O) groups excluding carboxylic acids is 3. The Hall–Kier alpha value is -3.15. The Morgan fingerprint density at radius 3 is 2.41 bits per heavy atom. The zero-order valence-corrected chi connectivity index (χ0v) is 14.8. The molecule has 1 heterocycles. The molecular weight excluding hydrogens is 348 g/mol. The summed E-state index contributed by atoms with van der Waals surface area (Å²) < 4.78 is 15.9. The van der Waals surface area contributed by atoms with Crippen molar-refractivity contribution in [2.24, 2.45) is 0 Å². The van der Waals surface area contributed by atoms with Crippen molar-refractivity contribution in [3.63, 3.8) is 0 Å². The first-order valence-corrected chi connectivity index (χ1v) is 8.80. The van der Waals surface area contributed by atoms with E-state index in [1.165, 1.54) is 0 Å². The number of benzene rings is 2. The molecule has 2 aromatic rings. The van der Waals surface area contributed by atoms with Crippen molar-refractivity contribution in [2.45, 2.75) is 25.9 Å². The van der Waals surface area contributed by atoms with E-state index < -0.39 is 11.8 Å². The number of Topliss-reactive ketones (excluding diaryl/α,β-unsaturated/α-hetero) is 2. The van der Waals surface area contributed by atoms with Crippen LogP contribution in [0, 0.1) is 0 Å². The molecule has 0 saturated carbocycles. The van der Waals surface area contributed by atoms with E-state index in [4.69, 9.17) is 14.2 Å². The summed E-state index contributed by atoms with van der Waals surface area (Å²) in [5.74, 6) is -0.439. The molecule has 0 aliphatic carbocycles. The lowest BCUT2D eigenvalue weighted by atomic mass is 10.0. The minimum Gasteiger partial charge on any atom is -0.486 e.